The lowest BCUT2D eigenvalue weighted by Crippen LogP contribution is -2.48. The van der Waals surface area contributed by atoms with E-state index in [2.05, 4.69) is 15.6 Å². The molecule has 1 unspecified atom stereocenters. The fraction of sp³-hybridized carbons (Fsp3) is 0.550. The average Bonchev–Trinajstić information content (AvgIpc) is 2.69. The summed E-state index contributed by atoms with van der Waals surface area (Å²) in [6, 6.07) is 5.43. The number of hydrogen-bond acceptors (Lipinski definition) is 4. The third kappa shape index (κ3) is 7.65. The number of esters is 1. The quantitative estimate of drug-likeness (QED) is 0.252. The zero-order valence-corrected chi connectivity index (χ0v) is 20.3. The van der Waals surface area contributed by atoms with Crippen LogP contribution < -0.4 is 10.6 Å². The van der Waals surface area contributed by atoms with Gasteiger partial charge < -0.3 is 20.3 Å². The fourth-order valence-electron chi connectivity index (χ4n) is 3.20. The van der Waals surface area contributed by atoms with Gasteiger partial charge in [-0.25, -0.2) is 0 Å². The van der Waals surface area contributed by atoms with Crippen molar-refractivity contribution in [1.29, 1.82) is 0 Å². The van der Waals surface area contributed by atoms with Crippen molar-refractivity contribution in [1.82, 2.24) is 10.2 Å². The number of guanidine groups is 1. The summed E-state index contributed by atoms with van der Waals surface area (Å²) in [6.45, 7) is 5.92. The highest BCUT2D eigenvalue weighted by atomic mass is 127. The highest BCUT2D eigenvalue weighted by Gasteiger charge is 2.28. The molecule has 9 heteroatoms. The molecule has 1 aromatic carbocycles. The molecular weight excluding hydrogens is 507 g/mol. The van der Waals surface area contributed by atoms with Gasteiger partial charge in [-0.2, -0.15) is 0 Å². The van der Waals surface area contributed by atoms with Crippen LogP contribution in [0.25, 0.3) is 0 Å². The zero-order chi connectivity index (χ0) is 20.5. The number of ether oxygens (including phenoxy) is 1. The van der Waals surface area contributed by atoms with Crippen LogP contribution in [0, 0.1) is 12.8 Å². The fourth-order valence-corrected chi connectivity index (χ4v) is 3.37. The molecule has 1 amide bonds. The molecule has 7 nitrogen and oxygen atoms in total. The number of rotatable bonds is 6. The van der Waals surface area contributed by atoms with Gasteiger partial charge in [-0.3, -0.25) is 14.6 Å². The lowest BCUT2D eigenvalue weighted by molar-refractivity contribution is -0.149. The van der Waals surface area contributed by atoms with Gasteiger partial charge in [0.2, 0.25) is 5.91 Å². The van der Waals surface area contributed by atoms with Gasteiger partial charge in [0.1, 0.15) is 0 Å². The largest absolute Gasteiger partial charge is 0.466 e. The van der Waals surface area contributed by atoms with E-state index in [0.29, 0.717) is 37.1 Å². The van der Waals surface area contributed by atoms with Crippen molar-refractivity contribution in [3.8, 4) is 0 Å². The van der Waals surface area contributed by atoms with Crippen molar-refractivity contribution in [2.45, 2.75) is 33.1 Å². The van der Waals surface area contributed by atoms with Crippen LogP contribution >= 0.6 is 35.6 Å². The topological polar surface area (TPSA) is 83.0 Å². The molecule has 1 saturated heterocycles. The normalized spacial score (nSPS) is 16.6. The van der Waals surface area contributed by atoms with Crippen molar-refractivity contribution in [3.05, 3.63) is 28.8 Å². The van der Waals surface area contributed by atoms with Crippen LogP contribution in [0.15, 0.2) is 23.2 Å². The third-order valence-electron chi connectivity index (χ3n) is 4.73. The van der Waals surface area contributed by atoms with Gasteiger partial charge in [-0.1, -0.05) is 17.7 Å². The molecule has 0 bridgehead atoms. The number of nitrogens with one attached hydrogen (secondary N) is 2. The van der Waals surface area contributed by atoms with Gasteiger partial charge in [-0.15, -0.1) is 24.0 Å². The van der Waals surface area contributed by atoms with E-state index in [1.165, 1.54) is 0 Å². The SMILES string of the molecule is CCOC(=O)C1CCCN(C(=NC)NCCC(=O)Nc2cccc(Cl)c2C)C1.I. The maximum Gasteiger partial charge on any atom is 0.310 e. The van der Waals surface area contributed by atoms with E-state index < -0.39 is 0 Å². The highest BCUT2D eigenvalue weighted by molar-refractivity contribution is 14.0. The van der Waals surface area contributed by atoms with Gasteiger partial charge in [0.15, 0.2) is 5.96 Å². The van der Waals surface area contributed by atoms with Gasteiger partial charge in [-0.05, 0) is 44.4 Å². The first-order valence-electron chi connectivity index (χ1n) is 9.63. The first kappa shape index (κ1) is 25.5. The molecule has 29 heavy (non-hydrogen) atoms. The van der Waals surface area contributed by atoms with Crippen LogP contribution in [0.1, 0.15) is 31.7 Å². The molecule has 0 spiro atoms. The monoisotopic (exact) mass is 536 g/mol. The van der Waals surface area contributed by atoms with Crippen molar-refractivity contribution in [2.24, 2.45) is 10.9 Å². The highest BCUT2D eigenvalue weighted by Crippen LogP contribution is 2.23. The number of carbonyl (C=O) groups is 2. The molecule has 1 heterocycles. The molecule has 0 saturated carbocycles. The Hall–Kier alpha value is -1.55. The van der Waals surface area contributed by atoms with E-state index in [0.717, 1.165) is 30.6 Å². The number of benzene rings is 1. The number of amides is 1. The molecule has 2 N–H and O–H groups in total. The van der Waals surface area contributed by atoms with Crippen LogP contribution in [0.3, 0.4) is 0 Å². The van der Waals surface area contributed by atoms with Crippen molar-refractivity contribution < 1.29 is 14.3 Å². The maximum atomic E-state index is 12.2. The number of aliphatic imine (C=N–C) groups is 1. The van der Waals surface area contributed by atoms with Crippen molar-refractivity contribution in [3.63, 3.8) is 0 Å². The van der Waals surface area contributed by atoms with Crippen LogP contribution in [0.4, 0.5) is 5.69 Å². The van der Waals surface area contributed by atoms with E-state index in [-0.39, 0.29) is 41.8 Å². The van der Waals surface area contributed by atoms with Gasteiger partial charge in [0.25, 0.3) is 0 Å². The summed E-state index contributed by atoms with van der Waals surface area (Å²) < 4.78 is 5.14. The summed E-state index contributed by atoms with van der Waals surface area (Å²) in [5, 5.41) is 6.71. The summed E-state index contributed by atoms with van der Waals surface area (Å²) in [5.41, 5.74) is 1.56. The molecule has 1 aliphatic rings. The summed E-state index contributed by atoms with van der Waals surface area (Å²) in [6.07, 6.45) is 2.02. The zero-order valence-electron chi connectivity index (χ0n) is 17.2. The number of carbonyl (C=O) groups excluding carboxylic acids is 2. The standard InChI is InChI=1S/C20H29ClN4O3.HI/c1-4-28-19(27)15-7-6-12-25(13-15)20(22-3)23-11-10-18(26)24-17-9-5-8-16(21)14(17)2;/h5,8-9,15H,4,6-7,10-13H2,1-3H3,(H,22,23)(H,24,26);1H. The second-order valence-corrected chi connectivity index (χ2v) is 7.13. The lowest BCUT2D eigenvalue weighted by Gasteiger charge is -2.33. The Labute approximate surface area is 194 Å². The molecule has 1 atom stereocenters. The molecule has 0 radical (unpaired) electrons. The molecule has 1 fully saturated rings. The number of hydrogen-bond donors (Lipinski definition) is 2. The van der Waals surface area contributed by atoms with Crippen LogP contribution in [-0.4, -0.2) is 56.0 Å². The van der Waals surface area contributed by atoms with Gasteiger partial charge >= 0.3 is 5.97 Å². The lowest BCUT2D eigenvalue weighted by atomic mass is 9.98. The molecule has 1 aliphatic heterocycles. The van der Waals surface area contributed by atoms with Gasteiger partial charge in [0, 0.05) is 43.8 Å². The number of halogens is 2. The minimum Gasteiger partial charge on any atom is -0.466 e. The Morgan fingerprint density at radius 2 is 2.14 bits per heavy atom. The number of nitrogens with zero attached hydrogens (tertiary/aromatic N) is 2. The number of likely N-dealkylation sites (tertiary alicyclic amines) is 1. The summed E-state index contributed by atoms with van der Waals surface area (Å²) in [7, 11) is 1.70. The number of piperidine rings is 1. The van der Waals surface area contributed by atoms with E-state index in [9.17, 15) is 9.59 Å². The average molecular weight is 537 g/mol. The van der Waals surface area contributed by atoms with Gasteiger partial charge in [0.05, 0.1) is 12.5 Å². The minimum atomic E-state index is -0.154. The Morgan fingerprint density at radius 3 is 2.83 bits per heavy atom. The Morgan fingerprint density at radius 1 is 1.38 bits per heavy atom. The maximum absolute atomic E-state index is 12.2. The molecule has 0 aromatic heterocycles. The van der Waals surface area contributed by atoms with E-state index in [4.69, 9.17) is 16.3 Å². The second kappa shape index (κ2) is 12.9. The summed E-state index contributed by atoms with van der Waals surface area (Å²) >= 11 is 6.08. The van der Waals surface area contributed by atoms with Crippen molar-refractivity contribution in [2.75, 3.05) is 38.6 Å². The first-order chi connectivity index (χ1) is 13.5. The van der Waals surface area contributed by atoms with Crippen LogP contribution in [0.5, 0.6) is 0 Å². The molecule has 0 aliphatic carbocycles. The van der Waals surface area contributed by atoms with Crippen LogP contribution in [-0.2, 0) is 14.3 Å². The predicted octanol–water partition coefficient (Wildman–Crippen LogP) is 3.45. The van der Waals surface area contributed by atoms with Crippen LogP contribution in [0.2, 0.25) is 5.02 Å². The van der Waals surface area contributed by atoms with Crippen molar-refractivity contribution >= 4 is 59.1 Å². The Balaban J connectivity index is 0.00000420. The second-order valence-electron chi connectivity index (χ2n) is 6.72. The smallest absolute Gasteiger partial charge is 0.310 e. The molecule has 1 aromatic rings. The predicted molar refractivity (Wildman–Crippen MR) is 127 cm³/mol. The first-order valence-corrected chi connectivity index (χ1v) is 10.0. The summed E-state index contributed by atoms with van der Waals surface area (Å²) in [4.78, 5) is 30.6. The van der Waals surface area contributed by atoms with E-state index in [1.54, 1.807) is 19.2 Å². The Kier molecular flexibility index (Phi) is 11.3. The Bertz CT molecular complexity index is 730. The van der Waals surface area contributed by atoms with E-state index >= 15 is 0 Å². The number of anilines is 1. The van der Waals surface area contributed by atoms with E-state index in [1.807, 2.05) is 24.8 Å². The summed E-state index contributed by atoms with van der Waals surface area (Å²) in [5.74, 6) is 0.303. The third-order valence-corrected chi connectivity index (χ3v) is 5.14. The minimum absolute atomic E-state index is 0. The molecule has 2 rings (SSSR count). The molecular formula is C20H30ClIN4O3. The molecule has 162 valence electrons.